The molecule has 0 bridgehead atoms. The van der Waals surface area contributed by atoms with Crippen molar-refractivity contribution in [3.8, 4) is 16.8 Å². The smallest absolute Gasteiger partial charge is 0.399 e. The van der Waals surface area contributed by atoms with E-state index in [1.807, 2.05) is 0 Å². The first kappa shape index (κ1) is 28.3. The molecule has 3 nitrogen and oxygen atoms in total. The zero-order valence-electron chi connectivity index (χ0n) is 27.2. The molecule has 0 spiro atoms. The third kappa shape index (κ3) is 3.95. The Morgan fingerprint density at radius 1 is 0.489 bits per heavy atom. The van der Waals surface area contributed by atoms with Gasteiger partial charge >= 0.3 is 7.12 Å². The second-order valence-electron chi connectivity index (χ2n) is 14.0. The number of nitrogens with zero attached hydrogens (tertiary/aromatic N) is 1. The number of benzene rings is 6. The third-order valence-corrected chi connectivity index (χ3v) is 10.9. The molecule has 0 atom stereocenters. The topological polar surface area (TPSA) is 23.4 Å². The minimum absolute atomic E-state index is 0.406. The van der Waals surface area contributed by atoms with Crippen molar-refractivity contribution < 1.29 is 9.31 Å². The molecule has 0 saturated carbocycles. The summed E-state index contributed by atoms with van der Waals surface area (Å²) in [6.45, 7) is 8.43. The normalized spacial score (nSPS) is 17.2. The molecule has 1 aromatic heterocycles. The van der Waals surface area contributed by atoms with Gasteiger partial charge in [0.2, 0.25) is 0 Å². The van der Waals surface area contributed by atoms with E-state index in [1.54, 1.807) is 0 Å². The van der Waals surface area contributed by atoms with Crippen LogP contribution in [-0.2, 0) is 14.7 Å². The highest BCUT2D eigenvalue weighted by molar-refractivity contribution is 6.62. The molecule has 1 aliphatic carbocycles. The fraction of sp³-hybridized carbons (Fsp3) is 0.163. The van der Waals surface area contributed by atoms with Crippen molar-refractivity contribution in [2.75, 3.05) is 0 Å². The number of para-hydroxylation sites is 1. The van der Waals surface area contributed by atoms with E-state index in [0.717, 1.165) is 16.7 Å². The first-order chi connectivity index (χ1) is 22.8. The second kappa shape index (κ2) is 10.1. The average Bonchev–Trinajstić information content (AvgIpc) is 3.67. The Morgan fingerprint density at radius 2 is 1.06 bits per heavy atom. The summed E-state index contributed by atoms with van der Waals surface area (Å²) in [6.07, 6.45) is 0. The lowest BCUT2D eigenvalue weighted by atomic mass is 9.68. The monoisotopic (exact) mass is 609 g/mol. The van der Waals surface area contributed by atoms with Gasteiger partial charge in [0.25, 0.3) is 0 Å². The van der Waals surface area contributed by atoms with Gasteiger partial charge in [-0.15, -0.1) is 0 Å². The van der Waals surface area contributed by atoms with Crippen LogP contribution in [0.5, 0.6) is 0 Å². The van der Waals surface area contributed by atoms with Gasteiger partial charge in [-0.05, 0) is 90.8 Å². The highest BCUT2D eigenvalue weighted by Gasteiger charge is 2.52. The summed E-state index contributed by atoms with van der Waals surface area (Å²) < 4.78 is 15.4. The van der Waals surface area contributed by atoms with Gasteiger partial charge in [0.15, 0.2) is 0 Å². The predicted molar refractivity (Wildman–Crippen MR) is 194 cm³/mol. The fourth-order valence-electron chi connectivity index (χ4n) is 7.97. The van der Waals surface area contributed by atoms with Crippen LogP contribution in [0.4, 0.5) is 0 Å². The van der Waals surface area contributed by atoms with Crippen LogP contribution >= 0.6 is 0 Å². The van der Waals surface area contributed by atoms with Gasteiger partial charge in [-0.25, -0.2) is 0 Å². The van der Waals surface area contributed by atoms with E-state index in [9.17, 15) is 0 Å². The predicted octanol–water partition coefficient (Wildman–Crippen LogP) is 9.45. The van der Waals surface area contributed by atoms with E-state index in [2.05, 4.69) is 178 Å². The molecule has 1 fully saturated rings. The number of aromatic nitrogens is 1. The van der Waals surface area contributed by atoms with Crippen molar-refractivity contribution in [2.24, 2.45) is 0 Å². The Kier molecular flexibility index (Phi) is 6.06. The third-order valence-electron chi connectivity index (χ3n) is 10.9. The zero-order valence-corrected chi connectivity index (χ0v) is 27.2. The molecule has 2 aliphatic rings. The van der Waals surface area contributed by atoms with Crippen molar-refractivity contribution in [3.63, 3.8) is 0 Å². The Morgan fingerprint density at radius 3 is 1.77 bits per heavy atom. The molecule has 6 aromatic carbocycles. The van der Waals surface area contributed by atoms with Crippen LogP contribution in [0.25, 0.3) is 38.6 Å². The molecule has 0 amide bonds. The van der Waals surface area contributed by atoms with Crippen molar-refractivity contribution in [1.29, 1.82) is 0 Å². The highest BCUT2D eigenvalue weighted by atomic mass is 16.7. The summed E-state index contributed by atoms with van der Waals surface area (Å²) in [6, 6.07) is 53.3. The summed E-state index contributed by atoms with van der Waals surface area (Å²) in [5.41, 5.74) is 10.9. The first-order valence-electron chi connectivity index (χ1n) is 16.5. The van der Waals surface area contributed by atoms with Crippen LogP contribution in [-0.4, -0.2) is 22.9 Å². The molecule has 228 valence electrons. The molecule has 7 aromatic rings. The van der Waals surface area contributed by atoms with Gasteiger partial charge < -0.3 is 13.9 Å². The quantitative estimate of drug-likeness (QED) is 0.186. The molecule has 4 heteroatoms. The number of rotatable bonds is 4. The maximum atomic E-state index is 6.49. The second-order valence-corrected chi connectivity index (χ2v) is 14.0. The van der Waals surface area contributed by atoms with Gasteiger partial charge in [-0.3, -0.25) is 0 Å². The molecule has 9 rings (SSSR count). The minimum Gasteiger partial charge on any atom is -0.399 e. The number of hydrogen-bond donors (Lipinski definition) is 0. The number of fused-ring (bicyclic) bond motifs is 6. The molecule has 2 heterocycles. The SMILES string of the molecule is CC1(C)OB(c2ccc3c4ccccc4n(-c4ccc5c(c4)-c4ccccc4C5(c4ccccc4)c4ccccc4)c3c2)OC1(C)C. The Labute approximate surface area is 276 Å². The van der Waals surface area contributed by atoms with Gasteiger partial charge in [0.1, 0.15) is 0 Å². The summed E-state index contributed by atoms with van der Waals surface area (Å²) in [5.74, 6) is 0. The fourth-order valence-corrected chi connectivity index (χ4v) is 7.97. The van der Waals surface area contributed by atoms with Gasteiger partial charge in [-0.2, -0.15) is 0 Å². The molecular weight excluding hydrogens is 573 g/mol. The maximum absolute atomic E-state index is 6.49. The van der Waals surface area contributed by atoms with E-state index >= 15 is 0 Å². The Hall–Kier alpha value is -4.90. The van der Waals surface area contributed by atoms with Crippen LogP contribution in [0.1, 0.15) is 49.9 Å². The van der Waals surface area contributed by atoms with E-state index in [1.165, 1.54) is 49.7 Å². The van der Waals surface area contributed by atoms with Gasteiger partial charge in [0, 0.05) is 16.5 Å². The standard InChI is InChI=1S/C43H36BNO2/c1-41(2)42(3,4)47-44(46-41)31-23-25-35-34-20-12-14-22-39(34)45(40(35)27-31)32-24-26-38-36(28-32)33-19-11-13-21-37(33)43(38,29-15-7-5-8-16-29)30-17-9-6-10-18-30/h5-28H,1-4H3. The minimum atomic E-state index is -0.430. The largest absolute Gasteiger partial charge is 0.494 e. The van der Waals surface area contributed by atoms with E-state index in [4.69, 9.17) is 9.31 Å². The molecule has 0 N–H and O–H groups in total. The summed E-state index contributed by atoms with van der Waals surface area (Å²) in [7, 11) is -0.430. The Balaban J connectivity index is 1.29. The highest BCUT2D eigenvalue weighted by Crippen LogP contribution is 2.56. The van der Waals surface area contributed by atoms with Crippen LogP contribution in [0, 0.1) is 0 Å². The van der Waals surface area contributed by atoms with Crippen molar-refractivity contribution in [3.05, 3.63) is 168 Å². The van der Waals surface area contributed by atoms with Crippen LogP contribution in [0.15, 0.2) is 146 Å². The van der Waals surface area contributed by atoms with Crippen LogP contribution in [0.3, 0.4) is 0 Å². The summed E-state index contributed by atoms with van der Waals surface area (Å²) >= 11 is 0. The molecule has 1 aliphatic heterocycles. The average molecular weight is 610 g/mol. The van der Waals surface area contributed by atoms with E-state index < -0.39 is 23.7 Å². The Bertz CT molecular complexity index is 2260. The van der Waals surface area contributed by atoms with Crippen molar-refractivity contribution in [2.45, 2.75) is 44.3 Å². The van der Waals surface area contributed by atoms with Crippen molar-refractivity contribution >= 4 is 34.4 Å². The van der Waals surface area contributed by atoms with Gasteiger partial charge in [-0.1, -0.05) is 121 Å². The molecule has 0 radical (unpaired) electrons. The molecule has 47 heavy (non-hydrogen) atoms. The summed E-state index contributed by atoms with van der Waals surface area (Å²) in [5, 5.41) is 2.44. The molecule has 0 unspecified atom stereocenters. The van der Waals surface area contributed by atoms with Crippen LogP contribution in [0.2, 0.25) is 0 Å². The summed E-state index contributed by atoms with van der Waals surface area (Å²) in [4.78, 5) is 0. The maximum Gasteiger partial charge on any atom is 0.494 e. The molecular formula is C43H36BNO2. The van der Waals surface area contributed by atoms with Crippen molar-refractivity contribution in [1.82, 2.24) is 4.57 Å². The number of hydrogen-bond acceptors (Lipinski definition) is 2. The molecule has 1 saturated heterocycles. The first-order valence-corrected chi connectivity index (χ1v) is 16.5. The van der Waals surface area contributed by atoms with E-state index in [-0.39, 0.29) is 0 Å². The lowest BCUT2D eigenvalue weighted by Crippen LogP contribution is -2.41. The lowest BCUT2D eigenvalue weighted by Gasteiger charge is -2.33. The zero-order chi connectivity index (χ0) is 32.0. The van der Waals surface area contributed by atoms with Gasteiger partial charge in [0.05, 0.1) is 27.7 Å². The lowest BCUT2D eigenvalue weighted by molar-refractivity contribution is 0.00578. The van der Waals surface area contributed by atoms with E-state index in [0.29, 0.717) is 0 Å². The van der Waals surface area contributed by atoms with Crippen LogP contribution < -0.4 is 5.46 Å².